The molecule has 4 aliphatic rings. The molecule has 2 saturated carbocycles. The van der Waals surface area contributed by atoms with Crippen molar-refractivity contribution in [3.05, 3.63) is 0 Å². The summed E-state index contributed by atoms with van der Waals surface area (Å²) in [5.74, 6) is 2.14. The number of epoxide rings is 2. The first kappa shape index (κ1) is 43.8. The minimum Gasteiger partial charge on any atom is -0.398 e. The number of carbonyl (C=O) groups excluding carboxylic acids is 1. The van der Waals surface area contributed by atoms with Crippen molar-refractivity contribution in [2.24, 2.45) is 22.7 Å². The summed E-state index contributed by atoms with van der Waals surface area (Å²) >= 11 is 0. The highest BCUT2D eigenvalue weighted by Gasteiger charge is 2.48. The van der Waals surface area contributed by atoms with Crippen LogP contribution in [-0.4, -0.2) is 119 Å². The van der Waals surface area contributed by atoms with Gasteiger partial charge < -0.3 is 44.9 Å². The Hall–Kier alpha value is -0.369. The van der Waals surface area contributed by atoms with Gasteiger partial charge in [0.05, 0.1) is 31.0 Å². The summed E-state index contributed by atoms with van der Waals surface area (Å²) in [6, 6.07) is 2.70. The molecule has 4 rings (SSSR count). The zero-order valence-corrected chi connectivity index (χ0v) is 34.6. The quantitative estimate of drug-likeness (QED) is 0.0443. The average Bonchev–Trinajstić information content (AvgIpc) is 4.04. The van der Waals surface area contributed by atoms with Gasteiger partial charge >= 0.3 is 26.2 Å². The molecule has 0 N–H and O–H groups in total. The van der Waals surface area contributed by atoms with E-state index in [9.17, 15) is 4.79 Å². The van der Waals surface area contributed by atoms with Gasteiger partial charge in [-0.2, -0.15) is 0 Å². The van der Waals surface area contributed by atoms with E-state index in [-0.39, 0.29) is 0 Å². The van der Waals surface area contributed by atoms with E-state index in [1.165, 1.54) is 51.0 Å². The monoisotopic (exact) mass is 737 g/mol. The molecular formula is C33H67NO11Si3. The lowest BCUT2D eigenvalue weighted by molar-refractivity contribution is 0.0710. The Morgan fingerprint density at radius 3 is 1.73 bits per heavy atom. The van der Waals surface area contributed by atoms with Gasteiger partial charge in [0.2, 0.25) is 6.08 Å². The summed E-state index contributed by atoms with van der Waals surface area (Å²) in [7, 11) is 1.83. The fourth-order valence-corrected chi connectivity index (χ4v) is 13.2. The Balaban J connectivity index is 0.000000251. The van der Waals surface area contributed by atoms with E-state index in [4.69, 9.17) is 44.9 Å². The fraction of sp³-hybridized carbons (Fsp3) is 0.970. The predicted octanol–water partition coefficient (Wildman–Crippen LogP) is 6.14. The average molecular weight is 738 g/mol. The van der Waals surface area contributed by atoms with Gasteiger partial charge in [-0.25, -0.2) is 9.79 Å². The van der Waals surface area contributed by atoms with Crippen molar-refractivity contribution in [1.29, 1.82) is 0 Å². The molecule has 4 fully saturated rings. The maximum atomic E-state index is 9.93. The summed E-state index contributed by atoms with van der Waals surface area (Å²) in [4.78, 5) is 13.4. The van der Waals surface area contributed by atoms with E-state index < -0.39 is 26.2 Å². The lowest BCUT2D eigenvalue weighted by atomic mass is 9.82. The van der Waals surface area contributed by atoms with E-state index in [0.717, 1.165) is 30.3 Å². The largest absolute Gasteiger partial charge is 0.500 e. The molecule has 0 aromatic carbocycles. The van der Waals surface area contributed by atoms with Gasteiger partial charge in [0, 0.05) is 67.5 Å². The standard InChI is InChI=1S/C12H24O4Si.C11H22O3Si.C10H21NO4Si/c1-9(8-17(13-2,14-3)15-4)10-5-6-11-12(7-10)16-11;1-12-15(3,13-2)7-6-9-4-5-10-11(8-9)14-10;1-4-13-16(14-5-2,15-6-3)9-7-8-11-10-12/h9-12H,5-8H2,1-4H3;9-11H,4-8H2,1-3H3;4-9H2,1-3H3. The number of rotatable bonds is 21. The lowest BCUT2D eigenvalue weighted by Crippen LogP contribution is -2.46. The van der Waals surface area contributed by atoms with Crippen LogP contribution in [0.1, 0.15) is 79.1 Å². The zero-order valence-electron chi connectivity index (χ0n) is 31.6. The van der Waals surface area contributed by atoms with Crippen LogP contribution in [0.15, 0.2) is 4.99 Å². The second kappa shape index (κ2) is 22.5. The highest BCUT2D eigenvalue weighted by Crippen LogP contribution is 2.44. The van der Waals surface area contributed by atoms with E-state index in [2.05, 4.69) is 18.5 Å². The zero-order chi connectivity index (χ0) is 35.6. The van der Waals surface area contributed by atoms with Crippen LogP contribution in [0.3, 0.4) is 0 Å². The first-order chi connectivity index (χ1) is 23.0. The van der Waals surface area contributed by atoms with Crippen LogP contribution >= 0.6 is 0 Å². The van der Waals surface area contributed by atoms with Crippen LogP contribution in [0, 0.1) is 17.8 Å². The van der Waals surface area contributed by atoms with Crippen molar-refractivity contribution >= 4 is 32.2 Å². The SMILES string of the molecule is CCO[Si](CCCN=C=O)(OCC)OCC.CO[Si](C)(CCC1CCC2OC2C1)OC.CO[Si](CC(C)C1CCC2OC2C1)(OC)OC. The Labute approximate surface area is 294 Å². The topological polar surface area (TPSA) is 128 Å². The summed E-state index contributed by atoms with van der Waals surface area (Å²) in [5.41, 5.74) is 0. The lowest BCUT2D eigenvalue weighted by Gasteiger charge is -2.32. The number of hydrogen-bond acceptors (Lipinski definition) is 12. The van der Waals surface area contributed by atoms with Crippen LogP contribution in [-0.2, 0) is 49.7 Å². The molecule has 15 heteroatoms. The molecule has 2 saturated heterocycles. The maximum absolute atomic E-state index is 9.93. The van der Waals surface area contributed by atoms with Crippen molar-refractivity contribution in [3.63, 3.8) is 0 Å². The van der Waals surface area contributed by atoms with Crippen LogP contribution in [0.2, 0.25) is 24.7 Å². The van der Waals surface area contributed by atoms with E-state index >= 15 is 0 Å². The Morgan fingerprint density at radius 1 is 0.729 bits per heavy atom. The molecule has 0 amide bonds. The first-order valence-corrected chi connectivity index (χ1v) is 24.5. The molecule has 12 nitrogen and oxygen atoms in total. The van der Waals surface area contributed by atoms with Crippen molar-refractivity contribution in [2.45, 2.75) is 128 Å². The van der Waals surface area contributed by atoms with Gasteiger partial charge in [-0.1, -0.05) is 6.92 Å². The molecule has 7 atom stereocenters. The molecule has 2 heterocycles. The summed E-state index contributed by atoms with van der Waals surface area (Å²) < 4.78 is 55.6. The predicted molar refractivity (Wildman–Crippen MR) is 191 cm³/mol. The minimum absolute atomic E-state index is 0.450. The molecular weight excluding hydrogens is 671 g/mol. The Morgan fingerprint density at radius 2 is 1.27 bits per heavy atom. The molecule has 282 valence electrons. The highest BCUT2D eigenvalue weighted by molar-refractivity contribution is 6.65. The van der Waals surface area contributed by atoms with E-state index in [1.807, 2.05) is 20.8 Å². The molecule has 0 spiro atoms. The van der Waals surface area contributed by atoms with Crippen LogP contribution in [0.25, 0.3) is 0 Å². The number of ether oxygens (including phenoxy) is 2. The van der Waals surface area contributed by atoms with Crippen molar-refractivity contribution in [2.75, 3.05) is 61.9 Å². The third-order valence-corrected chi connectivity index (χ3v) is 19.3. The normalized spacial score (nSPS) is 26.8. The molecule has 2 aliphatic heterocycles. The second-order valence-corrected chi connectivity index (χ2v) is 22.6. The molecule has 2 aliphatic carbocycles. The number of isocyanates is 1. The molecule has 7 unspecified atom stereocenters. The Kier molecular flexibility index (Phi) is 20.6. The molecule has 48 heavy (non-hydrogen) atoms. The van der Waals surface area contributed by atoms with Gasteiger partial charge in [-0.05, 0) is 102 Å². The third-order valence-electron chi connectivity index (χ3n) is 10.2. The molecule has 0 aromatic heterocycles. The van der Waals surface area contributed by atoms with Gasteiger partial charge in [-0.3, -0.25) is 0 Å². The minimum atomic E-state index is -2.54. The van der Waals surface area contributed by atoms with E-state index in [0.29, 0.717) is 62.7 Å². The van der Waals surface area contributed by atoms with Gasteiger partial charge in [0.25, 0.3) is 0 Å². The van der Waals surface area contributed by atoms with Gasteiger partial charge in [0.1, 0.15) is 0 Å². The Bertz CT molecular complexity index is 898. The first-order valence-electron chi connectivity index (χ1n) is 18.1. The van der Waals surface area contributed by atoms with Crippen molar-refractivity contribution < 1.29 is 49.7 Å². The van der Waals surface area contributed by atoms with Crippen LogP contribution in [0.5, 0.6) is 0 Å². The molecule has 0 aromatic rings. The number of hydrogen-bond donors (Lipinski definition) is 0. The fourth-order valence-electron chi connectivity index (χ4n) is 6.94. The van der Waals surface area contributed by atoms with Gasteiger partial charge in [-0.15, -0.1) is 0 Å². The van der Waals surface area contributed by atoms with E-state index in [1.54, 1.807) is 35.5 Å². The summed E-state index contributed by atoms with van der Waals surface area (Å²) in [6.07, 6.45) is 13.4. The summed E-state index contributed by atoms with van der Waals surface area (Å²) in [6.45, 7) is 12.4. The number of nitrogens with zero attached hydrogens (tertiary/aromatic N) is 1. The molecule has 0 radical (unpaired) electrons. The number of aliphatic imine (C=N–C) groups is 1. The second-order valence-electron chi connectivity index (χ2n) is 13.3. The van der Waals surface area contributed by atoms with Crippen molar-refractivity contribution in [1.82, 2.24) is 0 Å². The van der Waals surface area contributed by atoms with Crippen molar-refractivity contribution in [3.8, 4) is 0 Å². The smallest absolute Gasteiger partial charge is 0.398 e. The van der Waals surface area contributed by atoms with Crippen LogP contribution in [0.4, 0.5) is 0 Å². The highest BCUT2D eigenvalue weighted by atomic mass is 28.4. The molecule has 0 bridgehead atoms. The summed E-state index contributed by atoms with van der Waals surface area (Å²) in [5, 5.41) is 0. The maximum Gasteiger partial charge on any atom is 0.500 e. The van der Waals surface area contributed by atoms with Crippen LogP contribution < -0.4 is 0 Å². The van der Waals surface area contributed by atoms with Gasteiger partial charge in [0.15, 0.2) is 0 Å². The third kappa shape index (κ3) is 14.7. The number of fused-ring (bicyclic) bond motifs is 2.